The van der Waals surface area contributed by atoms with Crippen LogP contribution >= 0.6 is 0 Å². The smallest absolute Gasteiger partial charge is 0.0986 e. The van der Waals surface area contributed by atoms with E-state index in [1.54, 1.807) is 12.4 Å². The largest absolute Gasteiger partial charge is 0.396 e. The predicted molar refractivity (Wildman–Crippen MR) is 74.8 cm³/mol. The monoisotopic (exact) mass is 266 g/mol. The summed E-state index contributed by atoms with van der Waals surface area (Å²) in [7, 11) is 0. The van der Waals surface area contributed by atoms with Crippen molar-refractivity contribution in [3.63, 3.8) is 0 Å². The molecule has 1 saturated heterocycles. The Morgan fingerprint density at radius 3 is 2.58 bits per heavy atom. The van der Waals surface area contributed by atoms with E-state index < -0.39 is 0 Å². The maximum atomic E-state index is 9.16. The number of aromatic nitrogens is 1. The Hall–Kier alpha value is -1.41. The minimum Gasteiger partial charge on any atom is -0.396 e. The molecule has 1 aromatic heterocycles. The van der Waals surface area contributed by atoms with Crippen LogP contribution in [0.5, 0.6) is 0 Å². The Labute approximate surface area is 113 Å². The average Bonchev–Trinajstić information content (AvgIpc) is 2.41. The van der Waals surface area contributed by atoms with E-state index in [1.165, 1.54) is 0 Å². The van der Waals surface area contributed by atoms with Crippen molar-refractivity contribution in [3.05, 3.63) is 18.5 Å². The van der Waals surface area contributed by atoms with E-state index >= 15 is 0 Å². The highest BCUT2D eigenvalue weighted by molar-refractivity contribution is 5.66. The molecule has 106 valence electrons. The molecule has 1 aliphatic rings. The summed E-state index contributed by atoms with van der Waals surface area (Å²) in [4.78, 5) is 8.36. The Kier molecular flexibility index (Phi) is 4.54. The first-order chi connectivity index (χ1) is 9.13. The second kappa shape index (κ2) is 6.16. The van der Waals surface area contributed by atoms with E-state index in [4.69, 9.17) is 16.7 Å². The molecule has 0 spiro atoms. The van der Waals surface area contributed by atoms with Crippen LogP contribution in [0, 0.1) is 0 Å². The summed E-state index contributed by atoms with van der Waals surface area (Å²) in [6.45, 7) is 5.21. The van der Waals surface area contributed by atoms with E-state index in [2.05, 4.69) is 20.3 Å². The average molecular weight is 266 g/mol. The van der Waals surface area contributed by atoms with Crippen molar-refractivity contribution >= 4 is 11.4 Å². The Bertz CT molecular complexity index is 405. The van der Waals surface area contributed by atoms with Gasteiger partial charge in [0, 0.05) is 38.4 Å². The molecule has 2 rings (SSSR count). The van der Waals surface area contributed by atoms with Gasteiger partial charge in [0.25, 0.3) is 0 Å². The molecule has 0 aromatic carbocycles. The molecule has 0 amide bonds. The number of pyridine rings is 1. The number of hydrogen-bond donors (Lipinski definition) is 4. The molecule has 7 heteroatoms. The lowest BCUT2D eigenvalue weighted by molar-refractivity contribution is 0.0183. The summed E-state index contributed by atoms with van der Waals surface area (Å²) in [5.74, 6) is 0. The minimum absolute atomic E-state index is 0.137. The lowest BCUT2D eigenvalue weighted by atomic mass is 10.2. The molecule has 7 nitrogen and oxygen atoms in total. The van der Waals surface area contributed by atoms with E-state index in [9.17, 15) is 0 Å². The Morgan fingerprint density at radius 1 is 1.37 bits per heavy atom. The normalized spacial score (nSPS) is 20.3. The van der Waals surface area contributed by atoms with Gasteiger partial charge in [-0.1, -0.05) is 0 Å². The van der Waals surface area contributed by atoms with E-state index in [0.717, 1.165) is 31.9 Å². The van der Waals surface area contributed by atoms with E-state index in [-0.39, 0.29) is 12.2 Å². The fraction of sp³-hybridized carbons (Fsp3) is 0.583. The van der Waals surface area contributed by atoms with E-state index in [1.807, 2.05) is 13.0 Å². The molecule has 1 fully saturated rings. The predicted octanol–water partition coefficient (Wildman–Crippen LogP) is -0.562. The van der Waals surface area contributed by atoms with Crippen LogP contribution in [0.25, 0.3) is 0 Å². The molecule has 2 unspecified atom stereocenters. The molecule has 6 N–H and O–H groups in total. The third-order valence-electron chi connectivity index (χ3n) is 3.51. The van der Waals surface area contributed by atoms with Gasteiger partial charge in [-0.3, -0.25) is 9.88 Å². The maximum Gasteiger partial charge on any atom is 0.0986 e. The van der Waals surface area contributed by atoms with Crippen LogP contribution in [-0.4, -0.2) is 53.5 Å². The molecular formula is C12H22N6O. The number of nitrogens with zero attached hydrogens (tertiary/aromatic N) is 3. The second-order valence-electron chi connectivity index (χ2n) is 4.89. The van der Waals surface area contributed by atoms with Crippen LogP contribution in [0.4, 0.5) is 11.4 Å². The number of rotatable bonds is 4. The number of nitrogen functional groups attached to an aromatic ring is 1. The molecule has 2 atom stereocenters. The summed E-state index contributed by atoms with van der Waals surface area (Å²) in [6.07, 6.45) is 3.21. The first-order valence-corrected chi connectivity index (χ1v) is 6.47. The standard InChI is InChI=1S/C12H22N6O/c1-9(13)12(16-19)18-6-4-17(5-7-18)11-2-3-15-8-10(11)14/h2-3,8-9,12,16,19H,4-7,13-14H2,1H3. The first kappa shape index (κ1) is 14.0. The number of hydrogen-bond acceptors (Lipinski definition) is 7. The second-order valence-corrected chi connectivity index (χ2v) is 4.89. The lowest BCUT2D eigenvalue weighted by Crippen LogP contribution is -2.59. The molecular weight excluding hydrogens is 244 g/mol. The number of nitrogens with two attached hydrogens (primary N) is 2. The van der Waals surface area contributed by atoms with Gasteiger partial charge in [0.15, 0.2) is 0 Å². The van der Waals surface area contributed by atoms with Crippen LogP contribution in [0.2, 0.25) is 0 Å². The highest BCUT2D eigenvalue weighted by atomic mass is 16.5. The topological polar surface area (TPSA) is 104 Å². The highest BCUT2D eigenvalue weighted by Gasteiger charge is 2.26. The minimum atomic E-state index is -0.211. The third kappa shape index (κ3) is 3.13. The number of nitrogens with one attached hydrogen (secondary N) is 1. The molecule has 0 bridgehead atoms. The fourth-order valence-corrected chi connectivity index (χ4v) is 2.46. The molecule has 1 aliphatic heterocycles. The van der Waals surface area contributed by atoms with Crippen LogP contribution in [0.3, 0.4) is 0 Å². The van der Waals surface area contributed by atoms with Gasteiger partial charge >= 0.3 is 0 Å². The van der Waals surface area contributed by atoms with Crippen LogP contribution in [-0.2, 0) is 0 Å². The molecule has 1 aromatic rings. The van der Waals surface area contributed by atoms with Gasteiger partial charge in [-0.15, -0.1) is 0 Å². The van der Waals surface area contributed by atoms with Gasteiger partial charge in [-0.2, -0.15) is 5.48 Å². The number of hydroxylamine groups is 1. The fourth-order valence-electron chi connectivity index (χ4n) is 2.46. The molecule has 0 radical (unpaired) electrons. The van der Waals surface area contributed by atoms with Gasteiger partial charge < -0.3 is 21.6 Å². The SMILES string of the molecule is CC(N)C(NO)N1CCN(c2ccncc2N)CC1. The molecule has 0 saturated carbocycles. The van der Waals surface area contributed by atoms with Gasteiger partial charge in [0.05, 0.1) is 23.7 Å². The van der Waals surface area contributed by atoms with Crippen molar-refractivity contribution < 1.29 is 5.21 Å². The van der Waals surface area contributed by atoms with Crippen molar-refractivity contribution in [2.45, 2.75) is 19.1 Å². The van der Waals surface area contributed by atoms with Crippen molar-refractivity contribution in [2.24, 2.45) is 5.73 Å². The van der Waals surface area contributed by atoms with Crippen LogP contribution in [0.15, 0.2) is 18.5 Å². The zero-order valence-corrected chi connectivity index (χ0v) is 11.2. The van der Waals surface area contributed by atoms with Crippen molar-refractivity contribution in [1.82, 2.24) is 15.4 Å². The summed E-state index contributed by atoms with van der Waals surface area (Å²) >= 11 is 0. The van der Waals surface area contributed by atoms with Gasteiger partial charge in [-0.25, -0.2) is 0 Å². The van der Waals surface area contributed by atoms with E-state index in [0.29, 0.717) is 5.69 Å². The summed E-state index contributed by atoms with van der Waals surface area (Å²) in [6, 6.07) is 1.79. The molecule has 0 aliphatic carbocycles. The Balaban J connectivity index is 1.98. The van der Waals surface area contributed by atoms with Gasteiger partial charge in [0.1, 0.15) is 0 Å². The molecule has 2 heterocycles. The molecule has 19 heavy (non-hydrogen) atoms. The number of piperazine rings is 1. The third-order valence-corrected chi connectivity index (χ3v) is 3.51. The Morgan fingerprint density at radius 2 is 2.05 bits per heavy atom. The van der Waals surface area contributed by atoms with Crippen molar-refractivity contribution in [2.75, 3.05) is 36.8 Å². The zero-order valence-electron chi connectivity index (χ0n) is 11.2. The quantitative estimate of drug-likeness (QED) is 0.541. The maximum absolute atomic E-state index is 9.16. The number of anilines is 2. The highest BCUT2D eigenvalue weighted by Crippen LogP contribution is 2.22. The van der Waals surface area contributed by atoms with Crippen molar-refractivity contribution in [3.8, 4) is 0 Å². The first-order valence-electron chi connectivity index (χ1n) is 6.47. The van der Waals surface area contributed by atoms with Gasteiger partial charge in [0.2, 0.25) is 0 Å². The van der Waals surface area contributed by atoms with Crippen LogP contribution in [0.1, 0.15) is 6.92 Å². The zero-order chi connectivity index (χ0) is 13.8. The summed E-state index contributed by atoms with van der Waals surface area (Å²) in [5.41, 5.74) is 15.8. The summed E-state index contributed by atoms with van der Waals surface area (Å²) in [5, 5.41) is 9.16. The lowest BCUT2D eigenvalue weighted by Gasteiger charge is -2.41. The van der Waals surface area contributed by atoms with Crippen molar-refractivity contribution in [1.29, 1.82) is 0 Å². The van der Waals surface area contributed by atoms with Crippen LogP contribution < -0.4 is 21.8 Å². The van der Waals surface area contributed by atoms with Gasteiger partial charge in [-0.05, 0) is 13.0 Å². The summed E-state index contributed by atoms with van der Waals surface area (Å²) < 4.78 is 0.